The Morgan fingerprint density at radius 2 is 2.08 bits per heavy atom. The average Bonchev–Trinajstić information content (AvgIpc) is 2.12. The molecular weight excluding hydrogens is 380 g/mol. The standard InChI is InChI=1S/C7H3I2N3/c8-6-4-1-2-11-12-5(4)3-10-7(6)9/h1-3H. The molecule has 5 heteroatoms. The fourth-order valence-corrected chi connectivity index (χ4v) is 1.93. The highest BCUT2D eigenvalue weighted by atomic mass is 127. The topological polar surface area (TPSA) is 38.7 Å². The Morgan fingerprint density at radius 3 is 2.92 bits per heavy atom. The van der Waals surface area contributed by atoms with Gasteiger partial charge in [0.2, 0.25) is 0 Å². The molecule has 60 valence electrons. The van der Waals surface area contributed by atoms with E-state index in [1.54, 1.807) is 12.4 Å². The molecule has 0 amide bonds. The van der Waals surface area contributed by atoms with E-state index >= 15 is 0 Å². The first kappa shape index (κ1) is 8.54. The lowest BCUT2D eigenvalue weighted by Gasteiger charge is -1.98. The fraction of sp³-hybridized carbons (Fsp3) is 0. The van der Waals surface area contributed by atoms with Gasteiger partial charge in [-0.2, -0.15) is 5.10 Å². The van der Waals surface area contributed by atoms with Gasteiger partial charge in [-0.1, -0.05) is 0 Å². The number of rotatable bonds is 0. The minimum absolute atomic E-state index is 0.849. The number of hydrogen-bond donors (Lipinski definition) is 0. The number of pyridine rings is 1. The number of hydrogen-bond acceptors (Lipinski definition) is 3. The van der Waals surface area contributed by atoms with Crippen molar-refractivity contribution in [2.45, 2.75) is 0 Å². The second-order valence-corrected chi connectivity index (χ2v) is 4.29. The maximum atomic E-state index is 4.18. The van der Waals surface area contributed by atoms with E-state index in [-0.39, 0.29) is 0 Å². The number of nitrogens with zero attached hydrogens (tertiary/aromatic N) is 3. The molecule has 2 rings (SSSR count). The van der Waals surface area contributed by atoms with Crippen molar-refractivity contribution in [2.24, 2.45) is 0 Å². The number of halogens is 2. The fourth-order valence-electron chi connectivity index (χ4n) is 0.909. The Labute approximate surface area is 96.3 Å². The Hall–Kier alpha value is -0.0500. The molecule has 0 saturated carbocycles. The summed E-state index contributed by atoms with van der Waals surface area (Å²) in [4.78, 5) is 4.18. The molecule has 12 heavy (non-hydrogen) atoms. The first-order valence-corrected chi connectivity index (χ1v) is 5.36. The van der Waals surface area contributed by atoms with Gasteiger partial charge < -0.3 is 0 Å². The minimum atomic E-state index is 0.849. The van der Waals surface area contributed by atoms with E-state index in [0.29, 0.717) is 0 Å². The predicted molar refractivity (Wildman–Crippen MR) is 62.8 cm³/mol. The van der Waals surface area contributed by atoms with Crippen LogP contribution in [0.4, 0.5) is 0 Å². The van der Waals surface area contributed by atoms with Gasteiger partial charge in [0, 0.05) is 5.39 Å². The lowest BCUT2D eigenvalue weighted by Crippen LogP contribution is -1.90. The third kappa shape index (κ3) is 1.39. The van der Waals surface area contributed by atoms with Crippen LogP contribution in [0.15, 0.2) is 18.5 Å². The van der Waals surface area contributed by atoms with Crippen LogP contribution in [0.2, 0.25) is 0 Å². The van der Waals surface area contributed by atoms with E-state index in [0.717, 1.165) is 18.2 Å². The van der Waals surface area contributed by atoms with Crippen molar-refractivity contribution in [3.05, 3.63) is 25.7 Å². The first-order valence-electron chi connectivity index (χ1n) is 3.20. The molecule has 2 aromatic rings. The Balaban J connectivity index is 2.91. The SMILES string of the molecule is Ic1ncc2nnccc2c1I. The minimum Gasteiger partial charge on any atom is -0.247 e. The summed E-state index contributed by atoms with van der Waals surface area (Å²) in [6.07, 6.45) is 3.44. The van der Waals surface area contributed by atoms with Crippen molar-refractivity contribution in [3.63, 3.8) is 0 Å². The zero-order valence-electron chi connectivity index (χ0n) is 5.83. The molecule has 0 unspecified atom stereocenters. The molecule has 0 atom stereocenters. The molecule has 0 N–H and O–H groups in total. The summed E-state index contributed by atoms with van der Waals surface area (Å²) in [5.74, 6) is 0. The largest absolute Gasteiger partial charge is 0.247 e. The summed E-state index contributed by atoms with van der Waals surface area (Å²) in [5, 5.41) is 8.87. The van der Waals surface area contributed by atoms with Crippen molar-refractivity contribution >= 4 is 56.1 Å². The third-order valence-electron chi connectivity index (χ3n) is 1.47. The first-order chi connectivity index (χ1) is 5.79. The lowest BCUT2D eigenvalue weighted by molar-refractivity contribution is 1.06. The van der Waals surface area contributed by atoms with Gasteiger partial charge in [0.25, 0.3) is 0 Å². The molecule has 0 aliphatic rings. The van der Waals surface area contributed by atoms with Gasteiger partial charge in [-0.15, -0.1) is 5.10 Å². The van der Waals surface area contributed by atoms with Gasteiger partial charge in [0.05, 0.1) is 16.0 Å². The number of aromatic nitrogens is 3. The Morgan fingerprint density at radius 1 is 1.25 bits per heavy atom. The van der Waals surface area contributed by atoms with Crippen LogP contribution in [0.1, 0.15) is 0 Å². The van der Waals surface area contributed by atoms with E-state index in [9.17, 15) is 0 Å². The van der Waals surface area contributed by atoms with Crippen LogP contribution in [0.3, 0.4) is 0 Å². The van der Waals surface area contributed by atoms with Crippen molar-refractivity contribution in [1.29, 1.82) is 0 Å². The van der Waals surface area contributed by atoms with Gasteiger partial charge in [0.15, 0.2) is 0 Å². The summed E-state index contributed by atoms with van der Waals surface area (Å²) in [7, 11) is 0. The molecule has 2 heterocycles. The van der Waals surface area contributed by atoms with Crippen LogP contribution in [-0.2, 0) is 0 Å². The van der Waals surface area contributed by atoms with Crippen molar-refractivity contribution in [2.75, 3.05) is 0 Å². The van der Waals surface area contributed by atoms with Crippen molar-refractivity contribution in [1.82, 2.24) is 15.2 Å². The monoisotopic (exact) mass is 383 g/mol. The van der Waals surface area contributed by atoms with E-state index in [1.807, 2.05) is 6.07 Å². The van der Waals surface area contributed by atoms with Gasteiger partial charge in [0.1, 0.15) is 9.22 Å². The lowest BCUT2D eigenvalue weighted by atomic mass is 10.3. The molecule has 0 saturated heterocycles. The van der Waals surface area contributed by atoms with E-state index in [4.69, 9.17) is 0 Å². The molecule has 0 aliphatic heterocycles. The van der Waals surface area contributed by atoms with Crippen LogP contribution in [0.5, 0.6) is 0 Å². The summed E-state index contributed by atoms with van der Waals surface area (Å²) in [5.41, 5.74) is 0.849. The van der Waals surface area contributed by atoms with Gasteiger partial charge >= 0.3 is 0 Å². The van der Waals surface area contributed by atoms with Crippen molar-refractivity contribution < 1.29 is 0 Å². The second-order valence-electron chi connectivity index (χ2n) is 2.19. The molecule has 0 fully saturated rings. The van der Waals surface area contributed by atoms with Crippen LogP contribution in [0, 0.1) is 7.27 Å². The van der Waals surface area contributed by atoms with Crippen LogP contribution in [0.25, 0.3) is 10.9 Å². The third-order valence-corrected chi connectivity index (χ3v) is 4.41. The van der Waals surface area contributed by atoms with E-state index in [2.05, 4.69) is 60.4 Å². The highest BCUT2D eigenvalue weighted by Gasteiger charge is 2.03. The number of fused-ring (bicyclic) bond motifs is 1. The van der Waals surface area contributed by atoms with Crippen LogP contribution in [-0.4, -0.2) is 15.2 Å². The quantitative estimate of drug-likeness (QED) is 0.518. The zero-order chi connectivity index (χ0) is 8.55. The molecule has 0 aromatic carbocycles. The highest BCUT2D eigenvalue weighted by Crippen LogP contribution is 2.20. The second kappa shape index (κ2) is 3.36. The normalized spacial score (nSPS) is 10.5. The molecule has 0 aliphatic carbocycles. The smallest absolute Gasteiger partial charge is 0.115 e. The Kier molecular flexibility index (Phi) is 2.40. The van der Waals surface area contributed by atoms with Gasteiger partial charge in [-0.05, 0) is 51.2 Å². The molecular formula is C7H3I2N3. The van der Waals surface area contributed by atoms with E-state index in [1.165, 1.54) is 0 Å². The summed E-state index contributed by atoms with van der Waals surface area (Å²) < 4.78 is 2.15. The molecule has 2 aromatic heterocycles. The molecule has 0 bridgehead atoms. The summed E-state index contributed by atoms with van der Waals surface area (Å²) in [6, 6.07) is 1.95. The maximum absolute atomic E-state index is 4.18. The zero-order valence-corrected chi connectivity index (χ0v) is 10.1. The van der Waals surface area contributed by atoms with Crippen molar-refractivity contribution in [3.8, 4) is 0 Å². The van der Waals surface area contributed by atoms with Crippen LogP contribution < -0.4 is 0 Å². The molecule has 0 spiro atoms. The summed E-state index contributed by atoms with van der Waals surface area (Å²) >= 11 is 4.47. The highest BCUT2D eigenvalue weighted by molar-refractivity contribution is 14.1. The average molecular weight is 383 g/mol. The molecule has 0 radical (unpaired) electrons. The molecule has 3 nitrogen and oxygen atoms in total. The Bertz CT molecular complexity index is 430. The summed E-state index contributed by atoms with van der Waals surface area (Å²) in [6.45, 7) is 0. The van der Waals surface area contributed by atoms with Gasteiger partial charge in [-0.3, -0.25) is 0 Å². The van der Waals surface area contributed by atoms with Gasteiger partial charge in [-0.25, -0.2) is 4.98 Å². The predicted octanol–water partition coefficient (Wildman–Crippen LogP) is 2.23. The van der Waals surface area contributed by atoms with E-state index < -0.39 is 0 Å². The van der Waals surface area contributed by atoms with Crippen LogP contribution >= 0.6 is 45.2 Å². The maximum Gasteiger partial charge on any atom is 0.115 e.